The first-order valence-electron chi connectivity index (χ1n) is 3.94. The number of thiazole rings is 1. The Morgan fingerprint density at radius 3 is 2.92 bits per heavy atom. The molecule has 1 N–H and O–H groups in total. The highest BCUT2D eigenvalue weighted by molar-refractivity contribution is 7.09. The second kappa shape index (κ2) is 4.18. The molecule has 0 fully saturated rings. The fourth-order valence-corrected chi connectivity index (χ4v) is 1.42. The average Bonchev–Trinajstić information content (AvgIpc) is 2.47. The number of carbonyl (C=O) groups is 1. The Bertz CT molecular complexity index is 330. The molecule has 0 spiro atoms. The number of rotatable bonds is 3. The first-order valence-corrected chi connectivity index (χ1v) is 4.82. The summed E-state index contributed by atoms with van der Waals surface area (Å²) in [5.41, 5.74) is 1.42. The Morgan fingerprint density at radius 1 is 1.77 bits per heavy atom. The molecule has 0 radical (unpaired) electrons. The highest BCUT2D eigenvalue weighted by atomic mass is 32.1. The van der Waals surface area contributed by atoms with Gasteiger partial charge in [0.05, 0.1) is 17.2 Å². The molecule has 1 aromatic rings. The van der Waals surface area contributed by atoms with E-state index in [4.69, 9.17) is 0 Å². The van der Waals surface area contributed by atoms with Crippen LogP contribution in [0.15, 0.2) is 17.5 Å². The Labute approximate surface area is 81.5 Å². The van der Waals surface area contributed by atoms with Crippen LogP contribution in [-0.2, 0) is 11.3 Å². The molecule has 0 atom stereocenters. The van der Waals surface area contributed by atoms with Gasteiger partial charge in [-0.15, -0.1) is 11.3 Å². The van der Waals surface area contributed by atoms with Gasteiger partial charge in [0.1, 0.15) is 0 Å². The summed E-state index contributed by atoms with van der Waals surface area (Å²) >= 11 is 1.58. The first kappa shape index (κ1) is 9.92. The molecular weight excluding hydrogens is 184 g/mol. The molecule has 0 aliphatic carbocycles. The van der Waals surface area contributed by atoms with Crippen molar-refractivity contribution in [2.24, 2.45) is 0 Å². The van der Waals surface area contributed by atoms with Gasteiger partial charge in [0, 0.05) is 11.0 Å². The van der Waals surface area contributed by atoms with Gasteiger partial charge < -0.3 is 5.32 Å². The second-order valence-corrected chi connectivity index (χ2v) is 3.88. The van der Waals surface area contributed by atoms with E-state index in [1.54, 1.807) is 18.3 Å². The summed E-state index contributed by atoms with van der Waals surface area (Å²) in [7, 11) is 0. The zero-order valence-corrected chi connectivity index (χ0v) is 8.57. The molecular formula is C9H12N2OS. The maximum absolute atomic E-state index is 11.1. The fraction of sp³-hybridized carbons (Fsp3) is 0.333. The van der Waals surface area contributed by atoms with Crippen LogP contribution < -0.4 is 5.32 Å². The lowest BCUT2D eigenvalue weighted by atomic mass is 10.3. The molecule has 0 aliphatic heterocycles. The smallest absolute Gasteiger partial charge is 0.246 e. The molecule has 0 saturated carbocycles. The van der Waals surface area contributed by atoms with Crippen molar-refractivity contribution in [2.75, 3.05) is 0 Å². The normalized spacial score (nSPS) is 9.69. The summed E-state index contributed by atoms with van der Waals surface area (Å²) in [6, 6.07) is 0. The zero-order chi connectivity index (χ0) is 9.84. The standard InChI is InChI=1S/C9H12N2OS/c1-6(2)9(12)10-4-8-5-13-7(3)11-8/h5H,1,4H2,2-3H3,(H,10,12). The summed E-state index contributed by atoms with van der Waals surface area (Å²) < 4.78 is 0. The quantitative estimate of drug-likeness (QED) is 0.747. The second-order valence-electron chi connectivity index (χ2n) is 2.82. The minimum absolute atomic E-state index is 0.120. The molecule has 1 amide bonds. The molecule has 0 aromatic carbocycles. The van der Waals surface area contributed by atoms with Crippen LogP contribution in [0.2, 0.25) is 0 Å². The Morgan fingerprint density at radius 2 is 2.46 bits per heavy atom. The molecule has 3 nitrogen and oxygen atoms in total. The molecule has 1 heterocycles. The Kier molecular flexibility index (Phi) is 3.19. The van der Waals surface area contributed by atoms with Crippen LogP contribution >= 0.6 is 11.3 Å². The maximum Gasteiger partial charge on any atom is 0.246 e. The summed E-state index contributed by atoms with van der Waals surface area (Å²) in [4.78, 5) is 15.3. The number of aryl methyl sites for hydroxylation is 1. The van der Waals surface area contributed by atoms with Crippen LogP contribution in [-0.4, -0.2) is 10.9 Å². The van der Waals surface area contributed by atoms with E-state index < -0.39 is 0 Å². The topological polar surface area (TPSA) is 42.0 Å². The van der Waals surface area contributed by atoms with E-state index >= 15 is 0 Å². The van der Waals surface area contributed by atoms with Gasteiger partial charge in [-0.25, -0.2) is 4.98 Å². The molecule has 0 aliphatic rings. The number of nitrogens with one attached hydrogen (secondary N) is 1. The van der Waals surface area contributed by atoms with Crippen LogP contribution in [0, 0.1) is 6.92 Å². The van der Waals surface area contributed by atoms with Gasteiger partial charge in [0.15, 0.2) is 0 Å². The molecule has 1 rings (SSSR count). The van der Waals surface area contributed by atoms with Crippen molar-refractivity contribution in [3.05, 3.63) is 28.2 Å². The van der Waals surface area contributed by atoms with Gasteiger partial charge in [-0.2, -0.15) is 0 Å². The molecule has 70 valence electrons. The van der Waals surface area contributed by atoms with Crippen molar-refractivity contribution in [1.82, 2.24) is 10.3 Å². The number of hydrogen-bond acceptors (Lipinski definition) is 3. The molecule has 0 saturated heterocycles. The van der Waals surface area contributed by atoms with E-state index in [1.807, 2.05) is 12.3 Å². The highest BCUT2D eigenvalue weighted by Crippen LogP contribution is 2.07. The van der Waals surface area contributed by atoms with Gasteiger partial charge in [-0.1, -0.05) is 6.58 Å². The van der Waals surface area contributed by atoms with Crippen molar-refractivity contribution < 1.29 is 4.79 Å². The van der Waals surface area contributed by atoms with Crippen molar-refractivity contribution in [2.45, 2.75) is 20.4 Å². The molecule has 1 aromatic heterocycles. The van der Waals surface area contributed by atoms with Gasteiger partial charge in [-0.05, 0) is 13.8 Å². The number of hydrogen-bond donors (Lipinski definition) is 1. The third kappa shape index (κ3) is 2.99. The van der Waals surface area contributed by atoms with E-state index in [-0.39, 0.29) is 5.91 Å². The SMILES string of the molecule is C=C(C)C(=O)NCc1csc(C)n1. The lowest BCUT2D eigenvalue weighted by Gasteiger charge is -2.00. The number of amides is 1. The van der Waals surface area contributed by atoms with Crippen molar-refractivity contribution in [3.63, 3.8) is 0 Å². The van der Waals surface area contributed by atoms with Crippen molar-refractivity contribution in [3.8, 4) is 0 Å². The zero-order valence-electron chi connectivity index (χ0n) is 7.76. The highest BCUT2D eigenvalue weighted by Gasteiger charge is 2.02. The molecule has 0 unspecified atom stereocenters. The number of carbonyl (C=O) groups excluding carboxylic acids is 1. The maximum atomic E-state index is 11.1. The van der Waals surface area contributed by atoms with E-state index in [1.165, 1.54) is 0 Å². The summed E-state index contributed by atoms with van der Waals surface area (Å²) in [5, 5.41) is 5.67. The van der Waals surface area contributed by atoms with Crippen LogP contribution in [0.5, 0.6) is 0 Å². The van der Waals surface area contributed by atoms with Gasteiger partial charge >= 0.3 is 0 Å². The van der Waals surface area contributed by atoms with Gasteiger partial charge in [0.25, 0.3) is 0 Å². The Balaban J connectivity index is 2.44. The number of aromatic nitrogens is 1. The summed E-state index contributed by atoms with van der Waals surface area (Å²) in [6.45, 7) is 7.65. The van der Waals surface area contributed by atoms with Crippen molar-refractivity contribution >= 4 is 17.2 Å². The monoisotopic (exact) mass is 196 g/mol. The third-order valence-corrected chi connectivity index (χ3v) is 2.31. The first-order chi connectivity index (χ1) is 6.09. The Hall–Kier alpha value is -1.16. The van der Waals surface area contributed by atoms with E-state index in [9.17, 15) is 4.79 Å². The molecule has 13 heavy (non-hydrogen) atoms. The van der Waals surface area contributed by atoms with Gasteiger partial charge in [-0.3, -0.25) is 4.79 Å². The third-order valence-electron chi connectivity index (χ3n) is 1.48. The minimum atomic E-state index is -0.120. The van der Waals surface area contributed by atoms with Crippen LogP contribution in [0.25, 0.3) is 0 Å². The van der Waals surface area contributed by atoms with E-state index in [0.717, 1.165) is 10.7 Å². The van der Waals surface area contributed by atoms with Crippen molar-refractivity contribution in [1.29, 1.82) is 0 Å². The van der Waals surface area contributed by atoms with E-state index in [0.29, 0.717) is 12.1 Å². The molecule has 0 bridgehead atoms. The average molecular weight is 196 g/mol. The summed E-state index contributed by atoms with van der Waals surface area (Å²) in [5.74, 6) is -0.120. The van der Waals surface area contributed by atoms with Crippen LogP contribution in [0.1, 0.15) is 17.6 Å². The van der Waals surface area contributed by atoms with Crippen LogP contribution in [0.4, 0.5) is 0 Å². The predicted octanol–water partition coefficient (Wildman–Crippen LogP) is 1.64. The number of nitrogens with zero attached hydrogens (tertiary/aromatic N) is 1. The molecule has 4 heteroatoms. The lowest BCUT2D eigenvalue weighted by Crippen LogP contribution is -2.23. The van der Waals surface area contributed by atoms with Crippen LogP contribution in [0.3, 0.4) is 0 Å². The summed E-state index contributed by atoms with van der Waals surface area (Å²) in [6.07, 6.45) is 0. The minimum Gasteiger partial charge on any atom is -0.347 e. The van der Waals surface area contributed by atoms with E-state index in [2.05, 4.69) is 16.9 Å². The predicted molar refractivity (Wildman–Crippen MR) is 53.5 cm³/mol. The van der Waals surface area contributed by atoms with Gasteiger partial charge in [0.2, 0.25) is 5.91 Å². The largest absolute Gasteiger partial charge is 0.347 e. The lowest BCUT2D eigenvalue weighted by molar-refractivity contribution is -0.117. The fourth-order valence-electron chi connectivity index (χ4n) is 0.811.